The highest BCUT2D eigenvalue weighted by Crippen LogP contribution is 2.40. The van der Waals surface area contributed by atoms with Crippen molar-refractivity contribution in [1.82, 2.24) is 4.90 Å². The third-order valence-electron chi connectivity index (χ3n) is 4.79. The van der Waals surface area contributed by atoms with Crippen molar-refractivity contribution in [2.45, 2.75) is 46.0 Å². The summed E-state index contributed by atoms with van der Waals surface area (Å²) in [5.74, 6) is 0.274. The van der Waals surface area contributed by atoms with Gasteiger partial charge in [0, 0.05) is 12.5 Å². The average Bonchev–Trinajstić information content (AvgIpc) is 2.65. The molecule has 1 aromatic carbocycles. The third-order valence-corrected chi connectivity index (χ3v) is 5.66. The number of amides is 2. The Labute approximate surface area is 170 Å². The highest BCUT2D eigenvalue weighted by molar-refractivity contribution is 6.44. The van der Waals surface area contributed by atoms with Crippen LogP contribution in [0.25, 0.3) is 0 Å². The van der Waals surface area contributed by atoms with Crippen LogP contribution in [0.4, 0.5) is 10.5 Å². The summed E-state index contributed by atoms with van der Waals surface area (Å²) in [4.78, 5) is 25.5. The van der Waals surface area contributed by atoms with Gasteiger partial charge in [0.1, 0.15) is 10.8 Å². The van der Waals surface area contributed by atoms with Crippen molar-refractivity contribution in [1.29, 1.82) is 0 Å². The first kappa shape index (κ1) is 21.6. The number of hydrogen-bond donors (Lipinski definition) is 1. The topological polar surface area (TPSA) is 67.9 Å². The van der Waals surface area contributed by atoms with Crippen molar-refractivity contribution < 1.29 is 19.1 Å². The van der Waals surface area contributed by atoms with Crippen LogP contribution in [0.2, 0.25) is 10.0 Å². The van der Waals surface area contributed by atoms with E-state index in [1.54, 1.807) is 26.1 Å². The van der Waals surface area contributed by atoms with E-state index in [0.717, 1.165) is 25.7 Å². The van der Waals surface area contributed by atoms with Gasteiger partial charge in [0.2, 0.25) is 5.91 Å². The summed E-state index contributed by atoms with van der Waals surface area (Å²) in [7, 11) is 1.55. The smallest absolute Gasteiger partial charge is 0.412 e. The first-order valence-electron chi connectivity index (χ1n) is 9.08. The maximum Gasteiger partial charge on any atom is 0.412 e. The maximum atomic E-state index is 12.7. The second-order valence-corrected chi connectivity index (χ2v) is 7.74. The summed E-state index contributed by atoms with van der Waals surface area (Å²) >= 11 is 12.6. The van der Waals surface area contributed by atoms with Crippen molar-refractivity contribution in [2.24, 2.45) is 5.41 Å². The predicted molar refractivity (Wildman–Crippen MR) is 107 cm³/mol. The normalized spacial score (nSPS) is 15.7. The Morgan fingerprint density at radius 1 is 1.19 bits per heavy atom. The van der Waals surface area contributed by atoms with E-state index < -0.39 is 6.09 Å². The number of carbonyl (C=O) groups is 2. The van der Waals surface area contributed by atoms with Crippen LogP contribution >= 0.6 is 23.2 Å². The lowest BCUT2D eigenvalue weighted by Crippen LogP contribution is -2.35. The van der Waals surface area contributed by atoms with E-state index in [1.165, 1.54) is 11.3 Å². The first-order chi connectivity index (χ1) is 12.8. The molecule has 0 spiro atoms. The summed E-state index contributed by atoms with van der Waals surface area (Å²) in [6, 6.07) is 3.27. The summed E-state index contributed by atoms with van der Waals surface area (Å²) in [5, 5.41) is 3.28. The summed E-state index contributed by atoms with van der Waals surface area (Å²) in [6.45, 7) is 3.95. The Balaban J connectivity index is 2.03. The van der Waals surface area contributed by atoms with Gasteiger partial charge in [-0.25, -0.2) is 4.79 Å². The molecular weight excluding hydrogens is 391 g/mol. The van der Waals surface area contributed by atoms with Crippen LogP contribution < -0.4 is 10.1 Å². The molecule has 1 saturated carbocycles. The second kappa shape index (κ2) is 9.51. The molecular formula is C19H26Cl2N2O4. The highest BCUT2D eigenvalue weighted by atomic mass is 35.5. The van der Waals surface area contributed by atoms with Crippen LogP contribution in [-0.2, 0) is 9.53 Å². The van der Waals surface area contributed by atoms with Gasteiger partial charge in [0.05, 0.1) is 17.3 Å². The summed E-state index contributed by atoms with van der Waals surface area (Å²) in [6.07, 6.45) is 4.52. The minimum atomic E-state index is -0.496. The molecule has 1 N–H and O–H groups in total. The van der Waals surface area contributed by atoms with E-state index in [9.17, 15) is 9.59 Å². The molecule has 0 bridgehead atoms. The van der Waals surface area contributed by atoms with Gasteiger partial charge in [-0.05, 0) is 31.9 Å². The van der Waals surface area contributed by atoms with Crippen molar-refractivity contribution in [2.75, 3.05) is 25.7 Å². The van der Waals surface area contributed by atoms with Gasteiger partial charge in [-0.1, -0.05) is 49.4 Å². The third kappa shape index (κ3) is 5.42. The standard InChI is InChI=1S/C19H26Cl2N2O4/c1-4-26-18(25)23(3)12-27-14-9-8-13(15(20)16(14)21)22-17(24)19(2)10-6-5-7-11-19/h8-9H,4-7,10-12H2,1-3H3,(H,22,24). The molecule has 1 aromatic rings. The second-order valence-electron chi connectivity index (χ2n) is 6.98. The fourth-order valence-electron chi connectivity index (χ4n) is 3.02. The summed E-state index contributed by atoms with van der Waals surface area (Å²) in [5.41, 5.74) is 0.0653. The van der Waals surface area contributed by atoms with Crippen LogP contribution in [0.5, 0.6) is 5.75 Å². The Kier molecular flexibility index (Phi) is 7.62. The van der Waals surface area contributed by atoms with Crippen molar-refractivity contribution >= 4 is 40.9 Å². The molecule has 0 atom stereocenters. The van der Waals surface area contributed by atoms with Gasteiger partial charge < -0.3 is 14.8 Å². The van der Waals surface area contributed by atoms with Gasteiger partial charge in [-0.15, -0.1) is 0 Å². The maximum absolute atomic E-state index is 12.7. The van der Waals surface area contributed by atoms with Crippen molar-refractivity contribution in [3.63, 3.8) is 0 Å². The largest absolute Gasteiger partial charge is 0.471 e. The molecule has 2 rings (SSSR count). The molecule has 2 amide bonds. The van der Waals surface area contributed by atoms with Crippen LogP contribution in [0, 0.1) is 5.41 Å². The molecule has 0 heterocycles. The highest BCUT2D eigenvalue weighted by Gasteiger charge is 2.34. The van der Waals surface area contributed by atoms with Crippen molar-refractivity contribution in [3.05, 3.63) is 22.2 Å². The number of benzene rings is 1. The Morgan fingerprint density at radius 2 is 1.85 bits per heavy atom. The number of carbonyl (C=O) groups excluding carboxylic acids is 2. The van der Waals surface area contributed by atoms with E-state index in [0.29, 0.717) is 11.4 Å². The van der Waals surface area contributed by atoms with E-state index in [1.807, 2.05) is 6.92 Å². The van der Waals surface area contributed by atoms with Gasteiger partial charge in [0.25, 0.3) is 0 Å². The number of nitrogens with zero attached hydrogens (tertiary/aromatic N) is 1. The molecule has 0 aromatic heterocycles. The van der Waals surface area contributed by atoms with E-state index >= 15 is 0 Å². The first-order valence-corrected chi connectivity index (χ1v) is 9.84. The number of anilines is 1. The van der Waals surface area contributed by atoms with E-state index in [-0.39, 0.29) is 34.7 Å². The Morgan fingerprint density at radius 3 is 2.48 bits per heavy atom. The van der Waals surface area contributed by atoms with E-state index in [4.69, 9.17) is 32.7 Å². The quantitative estimate of drug-likeness (QED) is 0.636. The Hall–Kier alpha value is -1.66. The molecule has 1 fully saturated rings. The number of rotatable bonds is 6. The minimum absolute atomic E-state index is 0.0430. The zero-order valence-electron chi connectivity index (χ0n) is 15.9. The minimum Gasteiger partial charge on any atom is -0.471 e. The predicted octanol–water partition coefficient (Wildman–Crippen LogP) is 5.33. The van der Waals surface area contributed by atoms with E-state index in [2.05, 4.69) is 5.32 Å². The zero-order valence-corrected chi connectivity index (χ0v) is 17.5. The lowest BCUT2D eigenvalue weighted by molar-refractivity contribution is -0.126. The molecule has 0 unspecified atom stereocenters. The number of halogens is 2. The molecule has 6 nitrogen and oxygen atoms in total. The number of nitrogens with one attached hydrogen (secondary N) is 1. The monoisotopic (exact) mass is 416 g/mol. The molecule has 27 heavy (non-hydrogen) atoms. The fourth-order valence-corrected chi connectivity index (χ4v) is 3.45. The lowest BCUT2D eigenvalue weighted by atomic mass is 9.75. The Bertz CT molecular complexity index is 691. The van der Waals surface area contributed by atoms with Gasteiger partial charge in [-0.3, -0.25) is 9.69 Å². The molecule has 1 aliphatic carbocycles. The number of ether oxygens (including phenoxy) is 2. The summed E-state index contributed by atoms with van der Waals surface area (Å²) < 4.78 is 10.4. The molecule has 0 saturated heterocycles. The molecule has 0 radical (unpaired) electrons. The zero-order chi connectivity index (χ0) is 20.0. The van der Waals surface area contributed by atoms with Gasteiger partial charge in [0.15, 0.2) is 6.73 Å². The van der Waals surface area contributed by atoms with Crippen molar-refractivity contribution in [3.8, 4) is 5.75 Å². The van der Waals surface area contributed by atoms with Crippen LogP contribution in [0.1, 0.15) is 46.0 Å². The molecule has 0 aliphatic heterocycles. The average molecular weight is 417 g/mol. The van der Waals surface area contributed by atoms with Crippen LogP contribution in [-0.4, -0.2) is 37.3 Å². The molecule has 8 heteroatoms. The fraction of sp³-hybridized carbons (Fsp3) is 0.579. The lowest BCUT2D eigenvalue weighted by Gasteiger charge is -2.32. The SMILES string of the molecule is CCOC(=O)N(C)COc1ccc(NC(=O)C2(C)CCCCC2)c(Cl)c1Cl. The van der Waals surface area contributed by atoms with Gasteiger partial charge >= 0.3 is 6.09 Å². The molecule has 1 aliphatic rings. The van der Waals surface area contributed by atoms with Crippen LogP contribution in [0.3, 0.4) is 0 Å². The molecule has 150 valence electrons. The number of hydrogen-bond acceptors (Lipinski definition) is 4. The van der Waals surface area contributed by atoms with Gasteiger partial charge in [-0.2, -0.15) is 0 Å². The van der Waals surface area contributed by atoms with Crippen LogP contribution in [0.15, 0.2) is 12.1 Å².